The van der Waals surface area contributed by atoms with Gasteiger partial charge in [-0.3, -0.25) is 20.2 Å². The third-order valence-electron chi connectivity index (χ3n) is 7.22. The summed E-state index contributed by atoms with van der Waals surface area (Å²) in [5.41, 5.74) is 5.99. The van der Waals surface area contributed by atoms with Crippen LogP contribution >= 0.6 is 11.6 Å². The second-order valence-corrected chi connectivity index (χ2v) is 11.3. The minimum absolute atomic E-state index is 0.00490. The van der Waals surface area contributed by atoms with E-state index in [0.29, 0.717) is 47.8 Å². The summed E-state index contributed by atoms with van der Waals surface area (Å²) >= 11 is 5.70. The molecule has 0 spiro atoms. The van der Waals surface area contributed by atoms with Crippen molar-refractivity contribution in [2.75, 3.05) is 42.4 Å². The highest BCUT2D eigenvalue weighted by Gasteiger charge is 2.20. The zero-order valence-electron chi connectivity index (χ0n) is 27.1. The Hall–Kier alpha value is -6.05. The van der Waals surface area contributed by atoms with Gasteiger partial charge in [-0.1, -0.05) is 11.6 Å². The summed E-state index contributed by atoms with van der Waals surface area (Å²) in [6, 6.07) is 16.3. The van der Waals surface area contributed by atoms with Crippen LogP contribution in [0.25, 0.3) is 0 Å². The van der Waals surface area contributed by atoms with Crippen molar-refractivity contribution in [3.8, 4) is 12.1 Å². The molecule has 2 aliphatic rings. The van der Waals surface area contributed by atoms with Gasteiger partial charge in [0.1, 0.15) is 34.7 Å². The van der Waals surface area contributed by atoms with Crippen LogP contribution in [0.5, 0.6) is 0 Å². The molecule has 4 aromatic rings. The number of pyridine rings is 4. The summed E-state index contributed by atoms with van der Waals surface area (Å²) < 4.78 is 10.4. The summed E-state index contributed by atoms with van der Waals surface area (Å²) in [5.74, 6) is 1.34. The standard InChI is InChI=1S/C16H16N6O3.C11H6ClN5O2.C5H11NO/c17-9-11-1-3-14(18-10-11)20-16-13(22(23)24)2-4-15(21-16)19-12-5-7-25-8-6-12;12-9-3-2-8(17(18)19)11(15-9)16-10-4-1-7(5-13)6-14-10;6-5-1-3-7-4-2-5/h1-4,10,12H,5-8H2,(H2,18,19,20,21);1-4,6H,(H,14,15,16);5H,1-4,6H2. The molecule has 2 saturated heterocycles. The first-order valence-electron chi connectivity index (χ1n) is 15.6. The molecule has 264 valence electrons. The number of hydrogen-bond acceptors (Lipinski definition) is 16. The SMILES string of the molecule is N#Cc1ccc(Nc2nc(Cl)ccc2[N+](=O)[O-])nc1.N#Cc1ccc(Nc2nc(NC3CCOCC3)ccc2[N+](=O)[O-])nc1.NC1CCOCC1. The van der Waals surface area contributed by atoms with Gasteiger partial charge in [0.15, 0.2) is 0 Å². The number of nitro groups is 2. The molecular formula is C32H33ClN12O6. The van der Waals surface area contributed by atoms with Crippen LogP contribution in [0.2, 0.25) is 5.15 Å². The van der Waals surface area contributed by atoms with Crippen LogP contribution < -0.4 is 21.7 Å². The highest BCUT2D eigenvalue weighted by atomic mass is 35.5. The van der Waals surface area contributed by atoms with Gasteiger partial charge in [0, 0.05) is 63.0 Å². The normalized spacial score (nSPS) is 14.2. The quantitative estimate of drug-likeness (QED) is 0.101. The third-order valence-corrected chi connectivity index (χ3v) is 7.44. The van der Waals surface area contributed by atoms with E-state index in [0.717, 1.165) is 38.9 Å². The lowest BCUT2D eigenvalue weighted by molar-refractivity contribution is -0.384. The monoisotopic (exact) mass is 716 g/mol. The molecule has 0 amide bonds. The van der Waals surface area contributed by atoms with E-state index in [1.54, 1.807) is 18.2 Å². The Balaban J connectivity index is 0.000000197. The fourth-order valence-corrected chi connectivity index (χ4v) is 4.66. The van der Waals surface area contributed by atoms with E-state index in [1.165, 1.54) is 42.7 Å². The van der Waals surface area contributed by atoms with Crippen molar-refractivity contribution in [3.05, 3.63) is 97.4 Å². The summed E-state index contributed by atoms with van der Waals surface area (Å²) in [4.78, 5) is 37.2. The zero-order valence-corrected chi connectivity index (χ0v) is 27.8. The van der Waals surface area contributed by atoms with Crippen molar-refractivity contribution in [1.29, 1.82) is 10.5 Å². The largest absolute Gasteiger partial charge is 0.381 e. The minimum atomic E-state index is -0.574. The molecule has 0 aliphatic carbocycles. The number of ether oxygens (including phenoxy) is 2. The second-order valence-electron chi connectivity index (χ2n) is 10.9. The number of nitriles is 2. The van der Waals surface area contributed by atoms with E-state index in [1.807, 2.05) is 12.1 Å². The van der Waals surface area contributed by atoms with Crippen molar-refractivity contribution in [2.45, 2.75) is 37.8 Å². The maximum atomic E-state index is 11.2. The smallest absolute Gasteiger partial charge is 0.311 e. The molecule has 5 N–H and O–H groups in total. The van der Waals surface area contributed by atoms with Crippen molar-refractivity contribution < 1.29 is 19.3 Å². The van der Waals surface area contributed by atoms with Crippen LogP contribution in [0.3, 0.4) is 0 Å². The molecule has 0 saturated carbocycles. The number of hydrogen-bond donors (Lipinski definition) is 4. The molecule has 2 aliphatic heterocycles. The van der Waals surface area contributed by atoms with Gasteiger partial charge in [0.25, 0.3) is 0 Å². The summed E-state index contributed by atoms with van der Waals surface area (Å²) in [6.45, 7) is 3.10. The molecule has 51 heavy (non-hydrogen) atoms. The van der Waals surface area contributed by atoms with E-state index in [9.17, 15) is 20.2 Å². The number of rotatable bonds is 8. The first kappa shape index (κ1) is 37.8. The van der Waals surface area contributed by atoms with Crippen molar-refractivity contribution in [1.82, 2.24) is 19.9 Å². The third kappa shape index (κ3) is 12.1. The Bertz CT molecular complexity index is 1860. The molecule has 0 atom stereocenters. The molecule has 6 heterocycles. The molecule has 0 radical (unpaired) electrons. The van der Waals surface area contributed by atoms with Crippen molar-refractivity contribution >= 4 is 52.1 Å². The topological polar surface area (TPSA) is 266 Å². The first-order chi connectivity index (χ1) is 24.6. The van der Waals surface area contributed by atoms with Gasteiger partial charge < -0.3 is 31.2 Å². The predicted molar refractivity (Wildman–Crippen MR) is 187 cm³/mol. The highest BCUT2D eigenvalue weighted by molar-refractivity contribution is 6.29. The van der Waals surface area contributed by atoms with Crippen LogP contribution in [0, 0.1) is 42.9 Å². The number of nitrogens with one attached hydrogen (secondary N) is 3. The average molecular weight is 717 g/mol. The number of nitrogens with zero attached hydrogens (tertiary/aromatic N) is 8. The Morgan fingerprint density at radius 1 is 0.725 bits per heavy atom. The van der Waals surface area contributed by atoms with Crippen LogP contribution in [0.15, 0.2) is 60.9 Å². The van der Waals surface area contributed by atoms with Gasteiger partial charge in [-0.25, -0.2) is 19.9 Å². The molecular weight excluding hydrogens is 684 g/mol. The summed E-state index contributed by atoms with van der Waals surface area (Å²) in [5, 5.41) is 48.5. The second kappa shape index (κ2) is 19.2. The first-order valence-corrected chi connectivity index (χ1v) is 15.9. The van der Waals surface area contributed by atoms with Gasteiger partial charge in [-0.2, -0.15) is 10.5 Å². The van der Waals surface area contributed by atoms with E-state index >= 15 is 0 Å². The van der Waals surface area contributed by atoms with Gasteiger partial charge in [0.2, 0.25) is 11.6 Å². The maximum absolute atomic E-state index is 11.2. The molecule has 0 aromatic carbocycles. The number of anilines is 5. The molecule has 0 unspecified atom stereocenters. The lowest BCUT2D eigenvalue weighted by Crippen LogP contribution is -2.28. The summed E-state index contributed by atoms with van der Waals surface area (Å²) in [6.07, 6.45) is 6.54. The number of nitrogens with two attached hydrogens (primary N) is 1. The van der Waals surface area contributed by atoms with E-state index in [-0.39, 0.29) is 34.2 Å². The maximum Gasteiger partial charge on any atom is 0.311 e. The van der Waals surface area contributed by atoms with Gasteiger partial charge in [-0.15, -0.1) is 0 Å². The number of halogens is 1. The van der Waals surface area contributed by atoms with E-state index in [4.69, 9.17) is 37.3 Å². The molecule has 4 aromatic heterocycles. The fourth-order valence-electron chi connectivity index (χ4n) is 4.52. The van der Waals surface area contributed by atoms with Gasteiger partial charge in [0.05, 0.1) is 21.0 Å². The van der Waals surface area contributed by atoms with Crippen molar-refractivity contribution in [2.24, 2.45) is 5.73 Å². The molecule has 6 rings (SSSR count). The lowest BCUT2D eigenvalue weighted by Gasteiger charge is -2.23. The lowest BCUT2D eigenvalue weighted by atomic mass is 10.1. The van der Waals surface area contributed by atoms with Crippen LogP contribution in [0.1, 0.15) is 36.8 Å². The number of aromatic nitrogens is 4. The minimum Gasteiger partial charge on any atom is -0.381 e. The Morgan fingerprint density at radius 3 is 1.63 bits per heavy atom. The Labute approximate surface area is 296 Å². The van der Waals surface area contributed by atoms with E-state index in [2.05, 4.69) is 35.9 Å². The van der Waals surface area contributed by atoms with E-state index < -0.39 is 9.85 Å². The molecule has 18 nitrogen and oxygen atoms in total. The summed E-state index contributed by atoms with van der Waals surface area (Å²) in [7, 11) is 0. The van der Waals surface area contributed by atoms with Gasteiger partial charge in [-0.05, 0) is 62.1 Å². The molecule has 19 heteroatoms. The molecule has 2 fully saturated rings. The van der Waals surface area contributed by atoms with Crippen LogP contribution in [-0.4, -0.2) is 68.3 Å². The zero-order chi connectivity index (χ0) is 36.6. The van der Waals surface area contributed by atoms with Crippen LogP contribution in [-0.2, 0) is 9.47 Å². The highest BCUT2D eigenvalue weighted by Crippen LogP contribution is 2.28. The van der Waals surface area contributed by atoms with Gasteiger partial charge >= 0.3 is 11.4 Å². The van der Waals surface area contributed by atoms with Crippen molar-refractivity contribution in [3.63, 3.8) is 0 Å². The predicted octanol–water partition coefficient (Wildman–Crippen LogP) is 5.37. The molecule has 0 bridgehead atoms. The Morgan fingerprint density at radius 2 is 1.20 bits per heavy atom. The van der Waals surface area contributed by atoms with Crippen LogP contribution in [0.4, 0.5) is 40.5 Å². The fraction of sp³-hybridized carbons (Fsp3) is 0.312. The average Bonchev–Trinajstić information content (AvgIpc) is 3.13. The Kier molecular flexibility index (Phi) is 14.2.